The lowest BCUT2D eigenvalue weighted by Crippen LogP contribution is -2.62. The molecule has 0 aromatic heterocycles. The van der Waals surface area contributed by atoms with Gasteiger partial charge in [0.05, 0.1) is 5.56 Å². The number of likely N-dealkylation sites (tertiary alicyclic amines) is 1. The van der Waals surface area contributed by atoms with E-state index in [1.54, 1.807) is 11.0 Å². The van der Waals surface area contributed by atoms with Crippen molar-refractivity contribution < 1.29 is 19.5 Å². The van der Waals surface area contributed by atoms with Crippen LogP contribution < -0.4 is 10.6 Å². The van der Waals surface area contributed by atoms with Crippen LogP contribution in [0.3, 0.4) is 0 Å². The monoisotopic (exact) mass is 331 g/mol. The molecule has 3 rings (SSSR count). The maximum Gasteiger partial charge on any atom is 0.303 e. The molecule has 1 aromatic carbocycles. The zero-order chi connectivity index (χ0) is 17.2. The molecule has 2 aliphatic heterocycles. The van der Waals surface area contributed by atoms with Crippen molar-refractivity contribution in [1.82, 2.24) is 10.2 Å². The highest BCUT2D eigenvalue weighted by Crippen LogP contribution is 2.31. The standard InChI is InChI=1S/C17H21N3O4/c21-14(6-3-7-15(22)23)20-10-8-17(9-11-20)18-13-5-2-1-4-12(13)16(24)19-17/h1-2,4-5,18H,3,6-11H2,(H,19,24)(H,22,23). The molecule has 24 heavy (non-hydrogen) atoms. The molecule has 0 saturated carbocycles. The predicted octanol–water partition coefficient (Wildman–Crippen LogP) is 1.42. The van der Waals surface area contributed by atoms with E-state index in [9.17, 15) is 14.4 Å². The highest BCUT2D eigenvalue weighted by molar-refractivity contribution is 6.02. The lowest BCUT2D eigenvalue weighted by molar-refractivity contribution is -0.137. The number of nitrogens with zero attached hydrogens (tertiary/aromatic N) is 1. The van der Waals surface area contributed by atoms with Gasteiger partial charge in [-0.15, -0.1) is 0 Å². The zero-order valence-corrected chi connectivity index (χ0v) is 13.4. The van der Waals surface area contributed by atoms with Crippen molar-refractivity contribution >= 4 is 23.5 Å². The van der Waals surface area contributed by atoms with Gasteiger partial charge in [0.15, 0.2) is 0 Å². The van der Waals surface area contributed by atoms with E-state index in [0.717, 1.165) is 5.69 Å². The molecule has 3 N–H and O–H groups in total. The molecule has 0 radical (unpaired) electrons. The van der Waals surface area contributed by atoms with Crippen molar-refractivity contribution in [3.8, 4) is 0 Å². The molecule has 1 spiro atoms. The Morgan fingerprint density at radius 1 is 1.12 bits per heavy atom. The summed E-state index contributed by atoms with van der Waals surface area (Å²) in [4.78, 5) is 36.7. The van der Waals surface area contributed by atoms with E-state index in [1.165, 1.54) is 0 Å². The number of piperidine rings is 1. The zero-order valence-electron chi connectivity index (χ0n) is 13.4. The molecular weight excluding hydrogens is 310 g/mol. The van der Waals surface area contributed by atoms with Crippen molar-refractivity contribution in [3.63, 3.8) is 0 Å². The lowest BCUT2D eigenvalue weighted by Gasteiger charge is -2.45. The SMILES string of the molecule is O=C(O)CCCC(=O)N1CCC2(CC1)NC(=O)c1ccccc1N2. The predicted molar refractivity (Wildman–Crippen MR) is 87.6 cm³/mol. The first-order chi connectivity index (χ1) is 11.5. The Bertz CT molecular complexity index is 666. The first-order valence-electron chi connectivity index (χ1n) is 8.18. The highest BCUT2D eigenvalue weighted by Gasteiger charge is 2.40. The summed E-state index contributed by atoms with van der Waals surface area (Å²) in [6.45, 7) is 1.09. The van der Waals surface area contributed by atoms with Gasteiger partial charge in [-0.05, 0) is 18.6 Å². The maximum atomic E-state index is 12.3. The number of carboxylic acids is 1. The Balaban J connectivity index is 1.58. The van der Waals surface area contributed by atoms with Crippen molar-refractivity contribution in [3.05, 3.63) is 29.8 Å². The van der Waals surface area contributed by atoms with Gasteiger partial charge in [-0.1, -0.05) is 12.1 Å². The Morgan fingerprint density at radius 3 is 2.54 bits per heavy atom. The fraction of sp³-hybridized carbons (Fsp3) is 0.471. The summed E-state index contributed by atoms with van der Waals surface area (Å²) in [6.07, 6.45) is 1.87. The first-order valence-corrected chi connectivity index (χ1v) is 8.18. The molecule has 2 heterocycles. The summed E-state index contributed by atoms with van der Waals surface area (Å²) in [5.74, 6) is -0.993. The molecule has 0 aliphatic carbocycles. The summed E-state index contributed by atoms with van der Waals surface area (Å²) in [6, 6.07) is 7.39. The van der Waals surface area contributed by atoms with Gasteiger partial charge in [0.1, 0.15) is 5.66 Å². The molecule has 0 atom stereocenters. The summed E-state index contributed by atoms with van der Waals surface area (Å²) < 4.78 is 0. The number of amides is 2. The normalized spacial score (nSPS) is 18.5. The third-order valence-electron chi connectivity index (χ3n) is 4.65. The number of nitrogens with one attached hydrogen (secondary N) is 2. The van der Waals surface area contributed by atoms with Crippen molar-refractivity contribution in [2.24, 2.45) is 0 Å². The topological polar surface area (TPSA) is 98.7 Å². The number of carbonyl (C=O) groups is 3. The summed E-state index contributed by atoms with van der Waals surface area (Å²) in [5.41, 5.74) is 0.946. The number of para-hydroxylation sites is 1. The van der Waals surface area contributed by atoms with Gasteiger partial charge in [0.2, 0.25) is 5.91 Å². The Hall–Kier alpha value is -2.57. The average Bonchev–Trinajstić information content (AvgIpc) is 2.55. The molecule has 2 amide bonds. The Labute approximate surface area is 140 Å². The number of hydrogen-bond donors (Lipinski definition) is 3. The molecule has 1 fully saturated rings. The van der Waals surface area contributed by atoms with Crippen LogP contribution in [0, 0.1) is 0 Å². The van der Waals surface area contributed by atoms with Gasteiger partial charge in [0.25, 0.3) is 5.91 Å². The molecule has 7 nitrogen and oxygen atoms in total. The lowest BCUT2D eigenvalue weighted by atomic mass is 9.92. The number of benzene rings is 1. The smallest absolute Gasteiger partial charge is 0.303 e. The van der Waals surface area contributed by atoms with Crippen LogP contribution >= 0.6 is 0 Å². The molecule has 0 bridgehead atoms. The number of hydrogen-bond acceptors (Lipinski definition) is 4. The average molecular weight is 331 g/mol. The minimum atomic E-state index is -0.881. The molecule has 7 heteroatoms. The molecule has 0 unspecified atom stereocenters. The van der Waals surface area contributed by atoms with Crippen molar-refractivity contribution in [1.29, 1.82) is 0 Å². The Morgan fingerprint density at radius 2 is 1.83 bits per heavy atom. The third-order valence-corrected chi connectivity index (χ3v) is 4.65. The van der Waals surface area contributed by atoms with E-state index in [0.29, 0.717) is 37.9 Å². The fourth-order valence-electron chi connectivity index (χ4n) is 3.30. The van der Waals surface area contributed by atoms with Crippen molar-refractivity contribution in [2.75, 3.05) is 18.4 Å². The first kappa shape index (κ1) is 16.3. The quantitative estimate of drug-likeness (QED) is 0.775. The molecular formula is C17H21N3O4. The van der Waals surface area contributed by atoms with Gasteiger partial charge in [-0.2, -0.15) is 0 Å². The second-order valence-electron chi connectivity index (χ2n) is 6.33. The van der Waals surface area contributed by atoms with E-state index in [1.807, 2.05) is 18.2 Å². The van der Waals surface area contributed by atoms with E-state index in [2.05, 4.69) is 10.6 Å². The van der Waals surface area contributed by atoms with Crippen molar-refractivity contribution in [2.45, 2.75) is 37.8 Å². The molecule has 2 aliphatic rings. The van der Waals surface area contributed by atoms with Crippen LogP contribution in [0.2, 0.25) is 0 Å². The highest BCUT2D eigenvalue weighted by atomic mass is 16.4. The fourth-order valence-corrected chi connectivity index (χ4v) is 3.30. The van der Waals surface area contributed by atoms with E-state index < -0.39 is 11.6 Å². The Kier molecular flexibility index (Phi) is 4.42. The van der Waals surface area contributed by atoms with Gasteiger partial charge < -0.3 is 20.6 Å². The number of fused-ring (bicyclic) bond motifs is 1. The van der Waals surface area contributed by atoms with Crippen LogP contribution in [-0.4, -0.2) is 46.5 Å². The van der Waals surface area contributed by atoms with Crippen LogP contribution in [-0.2, 0) is 9.59 Å². The largest absolute Gasteiger partial charge is 0.481 e. The summed E-state index contributed by atoms with van der Waals surface area (Å²) in [7, 11) is 0. The van der Waals surface area contributed by atoms with Gasteiger partial charge >= 0.3 is 5.97 Å². The second-order valence-corrected chi connectivity index (χ2v) is 6.33. The van der Waals surface area contributed by atoms with E-state index >= 15 is 0 Å². The summed E-state index contributed by atoms with van der Waals surface area (Å²) >= 11 is 0. The minimum absolute atomic E-state index is 0.0118. The van der Waals surface area contributed by atoms with Crippen LogP contribution in [0.5, 0.6) is 0 Å². The minimum Gasteiger partial charge on any atom is -0.481 e. The number of carboxylic acid groups (broad SMARTS) is 1. The third kappa shape index (κ3) is 3.34. The van der Waals surface area contributed by atoms with E-state index in [-0.39, 0.29) is 24.7 Å². The van der Waals surface area contributed by atoms with Gasteiger partial charge in [-0.25, -0.2) is 0 Å². The van der Waals surface area contributed by atoms with Crippen LogP contribution in [0.1, 0.15) is 42.5 Å². The number of aliphatic carboxylic acids is 1. The van der Waals surface area contributed by atoms with Crippen LogP contribution in [0.25, 0.3) is 0 Å². The number of anilines is 1. The number of carbonyl (C=O) groups excluding carboxylic acids is 2. The molecule has 128 valence electrons. The van der Waals surface area contributed by atoms with Gasteiger partial charge in [0, 0.05) is 44.5 Å². The van der Waals surface area contributed by atoms with Crippen LogP contribution in [0.15, 0.2) is 24.3 Å². The summed E-state index contributed by atoms with van der Waals surface area (Å²) in [5, 5.41) is 15.1. The number of rotatable bonds is 4. The molecule has 1 saturated heterocycles. The van der Waals surface area contributed by atoms with Gasteiger partial charge in [-0.3, -0.25) is 14.4 Å². The van der Waals surface area contributed by atoms with E-state index in [4.69, 9.17) is 5.11 Å². The second kappa shape index (κ2) is 6.51. The van der Waals surface area contributed by atoms with Crippen LogP contribution in [0.4, 0.5) is 5.69 Å². The maximum absolute atomic E-state index is 12.3. The molecule has 1 aromatic rings.